The minimum absolute atomic E-state index is 0.178. The number of hydrogen-bond donors (Lipinski definition) is 1. The van der Waals surface area contributed by atoms with Crippen LogP contribution in [-0.2, 0) is 12.0 Å². The van der Waals surface area contributed by atoms with Crippen LogP contribution in [0.1, 0.15) is 42.0 Å². The fourth-order valence-corrected chi connectivity index (χ4v) is 2.84. The smallest absolute Gasteiger partial charge is 0.276 e. The zero-order chi connectivity index (χ0) is 18.7. The van der Waals surface area contributed by atoms with Crippen molar-refractivity contribution in [3.63, 3.8) is 0 Å². The van der Waals surface area contributed by atoms with Crippen molar-refractivity contribution in [3.05, 3.63) is 57.2 Å². The zero-order valence-corrected chi connectivity index (χ0v) is 16.1. The summed E-state index contributed by atoms with van der Waals surface area (Å²) < 4.78 is 10.9. The van der Waals surface area contributed by atoms with Gasteiger partial charge in [-0.2, -0.15) is 0 Å². The summed E-state index contributed by atoms with van der Waals surface area (Å²) >= 11 is 7.19. The molecule has 6 nitrogen and oxygen atoms in total. The Bertz CT molecular complexity index is 897. The third-order valence-electron chi connectivity index (χ3n) is 3.45. The highest BCUT2D eigenvalue weighted by Gasteiger charge is 2.21. The second-order valence-corrected chi connectivity index (χ2v) is 8.03. The predicted octanol–water partition coefficient (Wildman–Crippen LogP) is 4.91. The van der Waals surface area contributed by atoms with Gasteiger partial charge in [0.05, 0.1) is 0 Å². The van der Waals surface area contributed by atoms with Crippen LogP contribution in [0.25, 0.3) is 0 Å². The number of carbonyl (C=O) groups excluding carboxylic acids is 1. The van der Waals surface area contributed by atoms with Crippen molar-refractivity contribution in [3.8, 4) is 5.75 Å². The van der Waals surface area contributed by atoms with E-state index in [9.17, 15) is 4.79 Å². The van der Waals surface area contributed by atoms with E-state index in [1.807, 2.05) is 20.8 Å². The number of anilines is 1. The molecule has 0 aliphatic rings. The van der Waals surface area contributed by atoms with E-state index in [-0.39, 0.29) is 17.9 Å². The molecule has 0 aliphatic heterocycles. The lowest BCUT2D eigenvalue weighted by Gasteiger charge is -2.11. The number of rotatable bonds is 5. The van der Waals surface area contributed by atoms with E-state index in [2.05, 4.69) is 15.5 Å². The number of nitrogens with one attached hydrogen (secondary N) is 1. The maximum atomic E-state index is 12.3. The first-order valence-electron chi connectivity index (χ1n) is 7.92. The van der Waals surface area contributed by atoms with E-state index in [0.29, 0.717) is 33.1 Å². The molecule has 0 saturated carbocycles. The minimum Gasteiger partial charge on any atom is -0.486 e. The van der Waals surface area contributed by atoms with Crippen LogP contribution >= 0.6 is 22.9 Å². The molecular formula is C18H18ClN3O3S. The first kappa shape index (κ1) is 18.4. The molecule has 0 fully saturated rings. The van der Waals surface area contributed by atoms with E-state index in [0.717, 1.165) is 0 Å². The Balaban J connectivity index is 1.59. The third kappa shape index (κ3) is 4.62. The summed E-state index contributed by atoms with van der Waals surface area (Å²) in [6.45, 7) is 6.29. The monoisotopic (exact) mass is 391 g/mol. The molecule has 0 atom stereocenters. The van der Waals surface area contributed by atoms with Crippen LogP contribution in [0.2, 0.25) is 5.02 Å². The second-order valence-electron chi connectivity index (χ2n) is 6.65. The lowest BCUT2D eigenvalue weighted by atomic mass is 9.93. The molecule has 1 amide bonds. The Kier molecular flexibility index (Phi) is 5.29. The van der Waals surface area contributed by atoms with Gasteiger partial charge in [-0.05, 0) is 24.3 Å². The van der Waals surface area contributed by atoms with Crippen molar-refractivity contribution < 1.29 is 14.1 Å². The molecular weight excluding hydrogens is 374 g/mol. The topological polar surface area (TPSA) is 77.2 Å². The number of ether oxygens (including phenoxy) is 1. The van der Waals surface area contributed by atoms with Crippen LogP contribution < -0.4 is 10.1 Å². The SMILES string of the molecule is CC(C)(C)c1cc(NC(=O)c2csc(COc3ccc(Cl)cc3)n2)no1. The van der Waals surface area contributed by atoms with Crippen LogP contribution in [0.5, 0.6) is 5.75 Å². The van der Waals surface area contributed by atoms with Crippen molar-refractivity contribution in [2.45, 2.75) is 32.8 Å². The number of hydrogen-bond acceptors (Lipinski definition) is 6. The first-order chi connectivity index (χ1) is 12.3. The van der Waals surface area contributed by atoms with Gasteiger partial charge < -0.3 is 14.6 Å². The molecule has 2 aromatic heterocycles. The lowest BCUT2D eigenvalue weighted by Crippen LogP contribution is -2.13. The van der Waals surface area contributed by atoms with Gasteiger partial charge in [0.1, 0.15) is 28.8 Å². The molecule has 0 unspecified atom stereocenters. The number of thiazole rings is 1. The van der Waals surface area contributed by atoms with Crippen LogP contribution in [0.15, 0.2) is 40.2 Å². The van der Waals surface area contributed by atoms with Crippen LogP contribution in [-0.4, -0.2) is 16.0 Å². The minimum atomic E-state index is -0.340. The van der Waals surface area contributed by atoms with Gasteiger partial charge in [-0.3, -0.25) is 4.79 Å². The van der Waals surface area contributed by atoms with Crippen LogP contribution in [0, 0.1) is 0 Å². The van der Waals surface area contributed by atoms with Gasteiger partial charge in [-0.1, -0.05) is 37.5 Å². The van der Waals surface area contributed by atoms with Crippen molar-refractivity contribution >= 4 is 34.7 Å². The van der Waals surface area contributed by atoms with Gasteiger partial charge in [0, 0.05) is 21.9 Å². The summed E-state index contributed by atoms with van der Waals surface area (Å²) in [4.78, 5) is 16.6. The number of halogens is 1. The molecule has 0 saturated heterocycles. The van der Waals surface area contributed by atoms with Crippen molar-refractivity contribution in [2.24, 2.45) is 0 Å². The molecule has 0 spiro atoms. The van der Waals surface area contributed by atoms with Crippen molar-refractivity contribution in [1.82, 2.24) is 10.1 Å². The fraction of sp³-hybridized carbons (Fsp3) is 0.278. The molecule has 8 heteroatoms. The van der Waals surface area contributed by atoms with Crippen molar-refractivity contribution in [2.75, 3.05) is 5.32 Å². The average molecular weight is 392 g/mol. The van der Waals surface area contributed by atoms with Gasteiger partial charge >= 0.3 is 0 Å². The summed E-state index contributed by atoms with van der Waals surface area (Å²) in [5, 5.41) is 9.58. The first-order valence-corrected chi connectivity index (χ1v) is 9.18. The molecule has 3 rings (SSSR count). The number of aromatic nitrogens is 2. The third-order valence-corrected chi connectivity index (χ3v) is 4.53. The molecule has 1 aromatic carbocycles. The number of carbonyl (C=O) groups is 1. The quantitative estimate of drug-likeness (QED) is 0.668. The molecule has 3 aromatic rings. The fourth-order valence-electron chi connectivity index (χ4n) is 2.03. The Morgan fingerprint density at radius 1 is 1.31 bits per heavy atom. The number of amides is 1. The van der Waals surface area contributed by atoms with E-state index in [4.69, 9.17) is 20.9 Å². The zero-order valence-electron chi connectivity index (χ0n) is 14.6. The molecule has 0 bridgehead atoms. The number of nitrogens with zero attached hydrogens (tertiary/aromatic N) is 2. The Morgan fingerprint density at radius 2 is 2.04 bits per heavy atom. The maximum absolute atomic E-state index is 12.3. The highest BCUT2D eigenvalue weighted by Crippen LogP contribution is 2.25. The number of benzene rings is 1. The van der Waals surface area contributed by atoms with Gasteiger partial charge in [-0.15, -0.1) is 11.3 Å². The highest BCUT2D eigenvalue weighted by molar-refractivity contribution is 7.09. The highest BCUT2D eigenvalue weighted by atomic mass is 35.5. The van der Waals surface area contributed by atoms with E-state index in [1.165, 1.54) is 11.3 Å². The van der Waals surface area contributed by atoms with Crippen molar-refractivity contribution in [1.29, 1.82) is 0 Å². The second kappa shape index (κ2) is 7.47. The molecule has 136 valence electrons. The summed E-state index contributed by atoms with van der Waals surface area (Å²) in [5.74, 6) is 1.41. The summed E-state index contributed by atoms with van der Waals surface area (Å²) in [6, 6.07) is 8.78. The average Bonchev–Trinajstić information content (AvgIpc) is 3.23. The summed E-state index contributed by atoms with van der Waals surface area (Å²) in [6.07, 6.45) is 0. The van der Waals surface area contributed by atoms with Gasteiger partial charge in [-0.25, -0.2) is 4.98 Å². The molecule has 1 N–H and O–H groups in total. The molecule has 0 radical (unpaired) electrons. The van der Waals surface area contributed by atoms with E-state index in [1.54, 1.807) is 35.7 Å². The van der Waals surface area contributed by atoms with Crippen LogP contribution in [0.4, 0.5) is 5.82 Å². The Morgan fingerprint density at radius 3 is 2.69 bits per heavy atom. The summed E-state index contributed by atoms with van der Waals surface area (Å²) in [7, 11) is 0. The largest absolute Gasteiger partial charge is 0.486 e. The Labute approximate surface area is 160 Å². The van der Waals surface area contributed by atoms with Gasteiger partial charge in [0.15, 0.2) is 5.82 Å². The van der Waals surface area contributed by atoms with E-state index >= 15 is 0 Å². The normalized spacial score (nSPS) is 11.4. The van der Waals surface area contributed by atoms with Gasteiger partial charge in [0.25, 0.3) is 5.91 Å². The van der Waals surface area contributed by atoms with Gasteiger partial charge in [0.2, 0.25) is 0 Å². The summed E-state index contributed by atoms with van der Waals surface area (Å²) in [5.41, 5.74) is 0.132. The molecule has 0 aliphatic carbocycles. The predicted molar refractivity (Wildman–Crippen MR) is 101 cm³/mol. The van der Waals surface area contributed by atoms with E-state index < -0.39 is 0 Å². The lowest BCUT2D eigenvalue weighted by molar-refractivity contribution is 0.102. The van der Waals surface area contributed by atoms with Crippen LogP contribution in [0.3, 0.4) is 0 Å². The Hall–Kier alpha value is -2.38. The standard InChI is InChI=1S/C18H18ClN3O3S/c1-18(2,3)14-8-15(22-25-14)21-17(23)13-10-26-16(20-13)9-24-12-6-4-11(19)5-7-12/h4-8,10H,9H2,1-3H3,(H,21,22,23). The maximum Gasteiger partial charge on any atom is 0.276 e. The molecule has 2 heterocycles. The molecule has 26 heavy (non-hydrogen) atoms.